The first-order valence-corrected chi connectivity index (χ1v) is 6.06. The zero-order valence-corrected chi connectivity index (χ0v) is 11.0. The molecule has 1 aliphatic heterocycles. The summed E-state index contributed by atoms with van der Waals surface area (Å²) in [6, 6.07) is 2.77. The van der Waals surface area contributed by atoms with Gasteiger partial charge in [-0.1, -0.05) is 0 Å². The molecule has 19 heavy (non-hydrogen) atoms. The fourth-order valence-corrected chi connectivity index (χ4v) is 2.18. The molecule has 1 aromatic rings. The Morgan fingerprint density at radius 3 is 2.74 bits per heavy atom. The Hall–Kier alpha value is -2.11. The molecule has 1 unspecified atom stereocenters. The van der Waals surface area contributed by atoms with Crippen LogP contribution in [-0.4, -0.2) is 48.6 Å². The fourth-order valence-electron chi connectivity index (χ4n) is 2.18. The zero-order chi connectivity index (χ0) is 13.8. The third kappa shape index (κ3) is 2.67. The first kappa shape index (κ1) is 13.3. The minimum atomic E-state index is -0.486. The standard InChI is InChI=1S/C13H16N2O4/c1-18-11-6-5-9(8-14-11)12(16)15-7-3-4-10(15)13(17)19-2/h5-6,8,10H,3-4,7H2,1-2H3. The van der Waals surface area contributed by atoms with E-state index in [1.807, 2.05) is 0 Å². The maximum atomic E-state index is 12.3. The van der Waals surface area contributed by atoms with Crippen molar-refractivity contribution in [3.05, 3.63) is 23.9 Å². The van der Waals surface area contributed by atoms with E-state index in [2.05, 4.69) is 4.98 Å². The SMILES string of the molecule is COC(=O)C1CCCN1C(=O)c1ccc(OC)nc1. The molecule has 102 valence electrons. The number of hydrogen-bond acceptors (Lipinski definition) is 5. The molecule has 0 N–H and O–H groups in total. The lowest BCUT2D eigenvalue weighted by Crippen LogP contribution is -2.41. The molecule has 0 aromatic carbocycles. The molecule has 6 nitrogen and oxygen atoms in total. The Morgan fingerprint density at radius 2 is 2.16 bits per heavy atom. The van der Waals surface area contributed by atoms with Gasteiger partial charge >= 0.3 is 5.97 Å². The van der Waals surface area contributed by atoms with E-state index < -0.39 is 6.04 Å². The average Bonchev–Trinajstić information content (AvgIpc) is 2.95. The smallest absolute Gasteiger partial charge is 0.328 e. The van der Waals surface area contributed by atoms with E-state index in [4.69, 9.17) is 9.47 Å². The Labute approximate surface area is 111 Å². The maximum Gasteiger partial charge on any atom is 0.328 e. The number of rotatable bonds is 3. The summed E-state index contributed by atoms with van der Waals surface area (Å²) in [5, 5.41) is 0. The molecule has 1 fully saturated rings. The average molecular weight is 264 g/mol. The van der Waals surface area contributed by atoms with Crippen LogP contribution in [-0.2, 0) is 9.53 Å². The number of likely N-dealkylation sites (tertiary alicyclic amines) is 1. The molecule has 1 aromatic heterocycles. The molecule has 0 saturated carbocycles. The fraction of sp³-hybridized carbons (Fsp3) is 0.462. The van der Waals surface area contributed by atoms with Gasteiger partial charge in [0.2, 0.25) is 5.88 Å². The van der Waals surface area contributed by atoms with E-state index in [0.29, 0.717) is 24.4 Å². The van der Waals surface area contributed by atoms with Gasteiger partial charge in [0.1, 0.15) is 6.04 Å². The van der Waals surface area contributed by atoms with E-state index in [9.17, 15) is 9.59 Å². The summed E-state index contributed by atoms with van der Waals surface area (Å²) >= 11 is 0. The molecular formula is C13H16N2O4. The first-order valence-electron chi connectivity index (χ1n) is 6.06. The van der Waals surface area contributed by atoms with E-state index in [-0.39, 0.29) is 11.9 Å². The molecule has 0 radical (unpaired) electrons. The molecule has 2 rings (SSSR count). The summed E-state index contributed by atoms with van der Waals surface area (Å²) in [5.74, 6) is -0.127. The summed E-state index contributed by atoms with van der Waals surface area (Å²) in [4.78, 5) is 29.5. The van der Waals surface area contributed by atoms with Crippen LogP contribution >= 0.6 is 0 Å². The Balaban J connectivity index is 2.15. The van der Waals surface area contributed by atoms with Gasteiger partial charge in [-0.2, -0.15) is 0 Å². The minimum Gasteiger partial charge on any atom is -0.481 e. The van der Waals surface area contributed by atoms with Crippen LogP contribution < -0.4 is 4.74 Å². The van der Waals surface area contributed by atoms with Gasteiger partial charge in [-0.3, -0.25) is 4.79 Å². The normalized spacial score (nSPS) is 18.2. The van der Waals surface area contributed by atoms with E-state index in [1.54, 1.807) is 12.1 Å². The molecule has 6 heteroatoms. The predicted molar refractivity (Wildman–Crippen MR) is 66.9 cm³/mol. The van der Waals surface area contributed by atoms with Crippen molar-refractivity contribution in [2.75, 3.05) is 20.8 Å². The van der Waals surface area contributed by atoms with Crippen LogP contribution in [0.5, 0.6) is 5.88 Å². The van der Waals surface area contributed by atoms with Crippen molar-refractivity contribution >= 4 is 11.9 Å². The van der Waals surface area contributed by atoms with Crippen molar-refractivity contribution in [3.63, 3.8) is 0 Å². The van der Waals surface area contributed by atoms with Crippen molar-refractivity contribution in [3.8, 4) is 5.88 Å². The van der Waals surface area contributed by atoms with Gasteiger partial charge in [-0.15, -0.1) is 0 Å². The van der Waals surface area contributed by atoms with Gasteiger partial charge in [0, 0.05) is 18.8 Å². The molecule has 0 bridgehead atoms. The predicted octanol–water partition coefficient (Wildman–Crippen LogP) is 0.868. The first-order chi connectivity index (χ1) is 9.17. The van der Waals surface area contributed by atoms with Crippen molar-refractivity contribution < 1.29 is 19.1 Å². The highest BCUT2D eigenvalue weighted by Gasteiger charge is 2.35. The highest BCUT2D eigenvalue weighted by Crippen LogP contribution is 2.21. The second-order valence-corrected chi connectivity index (χ2v) is 4.27. The van der Waals surface area contributed by atoms with E-state index in [1.165, 1.54) is 25.3 Å². The lowest BCUT2D eigenvalue weighted by Gasteiger charge is -2.22. The van der Waals surface area contributed by atoms with Gasteiger partial charge in [0.05, 0.1) is 19.8 Å². The summed E-state index contributed by atoms with van der Waals surface area (Å²) in [5.41, 5.74) is 0.441. The molecule has 0 aliphatic carbocycles. The molecule has 0 spiro atoms. The van der Waals surface area contributed by atoms with Crippen molar-refractivity contribution in [2.45, 2.75) is 18.9 Å². The molecule has 1 aliphatic rings. The minimum absolute atomic E-state index is 0.206. The number of hydrogen-bond donors (Lipinski definition) is 0. The van der Waals surface area contributed by atoms with E-state index >= 15 is 0 Å². The number of ether oxygens (including phenoxy) is 2. The van der Waals surface area contributed by atoms with Crippen LogP contribution in [0.25, 0.3) is 0 Å². The molecular weight excluding hydrogens is 248 g/mol. The second-order valence-electron chi connectivity index (χ2n) is 4.27. The summed E-state index contributed by atoms with van der Waals surface area (Å²) in [6.07, 6.45) is 2.89. The maximum absolute atomic E-state index is 12.3. The number of nitrogens with zero attached hydrogens (tertiary/aromatic N) is 2. The highest BCUT2D eigenvalue weighted by atomic mass is 16.5. The van der Waals surface area contributed by atoms with E-state index in [0.717, 1.165) is 6.42 Å². The van der Waals surface area contributed by atoms with Crippen LogP contribution in [0, 0.1) is 0 Å². The number of esters is 1. The van der Waals surface area contributed by atoms with Crippen LogP contribution in [0.3, 0.4) is 0 Å². The summed E-state index contributed by atoms with van der Waals surface area (Å²) in [6.45, 7) is 0.560. The number of aromatic nitrogens is 1. The number of amides is 1. The van der Waals surface area contributed by atoms with Gasteiger partial charge < -0.3 is 14.4 Å². The Bertz CT molecular complexity index is 472. The summed E-state index contributed by atoms with van der Waals surface area (Å²) in [7, 11) is 2.84. The third-order valence-corrected chi connectivity index (χ3v) is 3.18. The van der Waals surface area contributed by atoms with Crippen molar-refractivity contribution in [1.29, 1.82) is 0 Å². The Kier molecular flexibility index (Phi) is 3.99. The second kappa shape index (κ2) is 5.69. The number of pyridine rings is 1. The topological polar surface area (TPSA) is 68.7 Å². The largest absolute Gasteiger partial charge is 0.481 e. The molecule has 1 atom stereocenters. The van der Waals surface area contributed by atoms with Crippen LogP contribution in [0.15, 0.2) is 18.3 Å². The third-order valence-electron chi connectivity index (χ3n) is 3.18. The quantitative estimate of drug-likeness (QED) is 0.758. The number of methoxy groups -OCH3 is 2. The summed E-state index contributed by atoms with van der Waals surface area (Å²) < 4.78 is 9.66. The zero-order valence-electron chi connectivity index (χ0n) is 11.0. The van der Waals surface area contributed by atoms with Gasteiger partial charge in [0.15, 0.2) is 0 Å². The van der Waals surface area contributed by atoms with Crippen LogP contribution in [0.2, 0.25) is 0 Å². The highest BCUT2D eigenvalue weighted by molar-refractivity contribution is 5.96. The van der Waals surface area contributed by atoms with Crippen LogP contribution in [0.4, 0.5) is 0 Å². The Morgan fingerprint density at radius 1 is 1.37 bits per heavy atom. The van der Waals surface area contributed by atoms with Crippen molar-refractivity contribution in [1.82, 2.24) is 9.88 Å². The monoisotopic (exact) mass is 264 g/mol. The van der Waals surface area contributed by atoms with Crippen LogP contribution in [0.1, 0.15) is 23.2 Å². The molecule has 1 amide bonds. The van der Waals surface area contributed by atoms with Gasteiger partial charge in [0.25, 0.3) is 5.91 Å². The number of carbonyl (C=O) groups excluding carboxylic acids is 2. The van der Waals surface area contributed by atoms with Gasteiger partial charge in [-0.05, 0) is 18.9 Å². The van der Waals surface area contributed by atoms with Crippen molar-refractivity contribution in [2.24, 2.45) is 0 Å². The lowest BCUT2D eigenvalue weighted by molar-refractivity contribution is -0.145. The lowest BCUT2D eigenvalue weighted by atomic mass is 10.2. The number of carbonyl (C=O) groups is 2. The molecule has 1 saturated heterocycles. The molecule has 2 heterocycles. The van der Waals surface area contributed by atoms with Gasteiger partial charge in [-0.25, -0.2) is 9.78 Å².